The summed E-state index contributed by atoms with van der Waals surface area (Å²) in [5.74, 6) is 0.983. The normalized spacial score (nSPS) is 32.0. The number of carbonyl (C=O) groups is 2. The Morgan fingerprint density at radius 2 is 1.01 bits per heavy atom. The summed E-state index contributed by atoms with van der Waals surface area (Å²) < 4.78 is 70.3. The molecule has 440 valence electrons. The molecule has 14 nitrogen and oxygen atoms in total. The third-order valence-corrected chi connectivity index (χ3v) is 23.9. The van der Waals surface area contributed by atoms with Crippen LogP contribution in [0.25, 0.3) is 0 Å². The predicted molar refractivity (Wildman–Crippen MR) is 323 cm³/mol. The van der Waals surface area contributed by atoms with E-state index in [9.17, 15) is 36.6 Å². The fourth-order valence-corrected chi connectivity index (χ4v) is 17.9. The van der Waals surface area contributed by atoms with Crippen LogP contribution in [-0.4, -0.2) is 101 Å². The Morgan fingerprint density at radius 1 is 0.585 bits per heavy atom. The number of anilines is 2. The van der Waals surface area contributed by atoms with Crippen molar-refractivity contribution in [1.29, 1.82) is 0 Å². The summed E-state index contributed by atoms with van der Waals surface area (Å²) in [5.41, 5.74) is 6.69. The Kier molecular flexibility index (Phi) is 17.2. The lowest BCUT2D eigenvalue weighted by atomic mass is 9.68. The standard InChI is InChI=1S/2C32H39ClN2O5S/c2*1-2-25-7-3-4-8-29(36)26-12-9-23(26)18-35-19-32(15-5-6-21-16-24(33)11-13-27(21)32)20-40-30-14-10-22(17-28(30)35)31(37)34-41(25,38)39/h2*4,8,10-11,13-14,16-17,23,25-26,29,36H,2-3,5-7,9,12,15,18-20H2,1H3,(H,34,37)/b8-4+;8-4-/t2*23-,25+,26+,29-,32-/m00/s1. The van der Waals surface area contributed by atoms with Crippen molar-refractivity contribution in [3.05, 3.63) is 141 Å². The van der Waals surface area contributed by atoms with Crippen molar-refractivity contribution in [3.8, 4) is 11.5 Å². The van der Waals surface area contributed by atoms with Gasteiger partial charge in [-0.15, -0.1) is 0 Å². The molecule has 2 spiro atoms. The minimum atomic E-state index is -3.87. The second-order valence-corrected chi connectivity index (χ2v) is 29.4. The van der Waals surface area contributed by atoms with E-state index in [2.05, 4.69) is 43.5 Å². The van der Waals surface area contributed by atoms with Gasteiger partial charge in [0, 0.05) is 58.2 Å². The van der Waals surface area contributed by atoms with Gasteiger partial charge in [0.1, 0.15) is 11.5 Å². The third kappa shape index (κ3) is 12.0. The molecular weight excluding hydrogens is 1120 g/mol. The van der Waals surface area contributed by atoms with Gasteiger partial charge in [-0.2, -0.15) is 0 Å². The number of allylic oxidation sites excluding steroid dienone is 2. The van der Waals surface area contributed by atoms with Crippen molar-refractivity contribution in [2.45, 2.75) is 150 Å². The van der Waals surface area contributed by atoms with Crippen LogP contribution in [0.3, 0.4) is 0 Å². The highest BCUT2D eigenvalue weighted by Crippen LogP contribution is 2.49. The van der Waals surface area contributed by atoms with Crippen LogP contribution < -0.4 is 28.7 Å². The maximum Gasteiger partial charge on any atom is 0.264 e. The van der Waals surface area contributed by atoms with Gasteiger partial charge in [0.05, 0.1) is 47.3 Å². The molecule has 2 fully saturated rings. The molecule has 0 radical (unpaired) electrons. The average Bonchev–Trinajstić information content (AvgIpc) is 2.80. The quantitative estimate of drug-likeness (QED) is 0.139. The van der Waals surface area contributed by atoms with Crippen LogP contribution in [0.4, 0.5) is 11.4 Å². The molecule has 2 saturated carbocycles. The molecule has 4 aromatic carbocycles. The van der Waals surface area contributed by atoms with Gasteiger partial charge in [-0.1, -0.05) is 73.5 Å². The molecule has 82 heavy (non-hydrogen) atoms. The number of nitrogens with one attached hydrogen (secondary N) is 2. The van der Waals surface area contributed by atoms with Gasteiger partial charge < -0.3 is 29.5 Å². The molecule has 4 aromatic rings. The largest absolute Gasteiger partial charge is 0.490 e. The minimum absolute atomic E-state index is 0.136. The van der Waals surface area contributed by atoms with E-state index in [1.165, 1.54) is 22.3 Å². The number of hydrogen-bond donors (Lipinski definition) is 4. The topological polar surface area (TPSA) is 192 Å². The summed E-state index contributed by atoms with van der Waals surface area (Å²) >= 11 is 12.8. The lowest BCUT2D eigenvalue weighted by Crippen LogP contribution is -2.49. The summed E-state index contributed by atoms with van der Waals surface area (Å²) in [6, 6.07) is 22.8. The number of aliphatic hydroxyl groups is 2. The van der Waals surface area contributed by atoms with Gasteiger partial charge in [0.15, 0.2) is 0 Å². The maximum absolute atomic E-state index is 13.3. The average molecular weight is 1200 g/mol. The van der Waals surface area contributed by atoms with Crippen molar-refractivity contribution >= 4 is 66.4 Å². The van der Waals surface area contributed by atoms with E-state index in [-0.39, 0.29) is 22.7 Å². The molecular formula is C64H78Cl2N4O10S2. The van der Waals surface area contributed by atoms with Crippen LogP contribution in [0.1, 0.15) is 147 Å². The molecule has 4 heterocycles. The Bertz CT molecular complexity index is 3140. The molecule has 12 rings (SSSR count). The van der Waals surface area contributed by atoms with E-state index in [0.29, 0.717) is 99.3 Å². The van der Waals surface area contributed by atoms with Gasteiger partial charge in [-0.05, 0) is 209 Å². The molecule has 0 aromatic heterocycles. The van der Waals surface area contributed by atoms with E-state index in [1.807, 2.05) is 50.3 Å². The number of halogens is 2. The molecule has 2 amide bonds. The van der Waals surface area contributed by atoms with E-state index < -0.39 is 54.6 Å². The maximum atomic E-state index is 13.3. The monoisotopic (exact) mass is 1200 g/mol. The van der Waals surface area contributed by atoms with Crippen LogP contribution in [0.5, 0.6) is 11.5 Å². The van der Waals surface area contributed by atoms with Gasteiger partial charge in [0.2, 0.25) is 20.0 Å². The van der Waals surface area contributed by atoms with E-state index >= 15 is 0 Å². The predicted octanol–water partition coefficient (Wildman–Crippen LogP) is 10.8. The fourth-order valence-electron chi connectivity index (χ4n) is 14.6. The minimum Gasteiger partial charge on any atom is -0.490 e. The van der Waals surface area contributed by atoms with Gasteiger partial charge in [-0.25, -0.2) is 26.3 Å². The highest BCUT2D eigenvalue weighted by molar-refractivity contribution is 7.91. The second kappa shape index (κ2) is 24.1. The van der Waals surface area contributed by atoms with Crippen LogP contribution in [-0.2, 0) is 43.7 Å². The van der Waals surface area contributed by atoms with Gasteiger partial charge >= 0.3 is 0 Å². The number of amides is 2. The number of hydrogen-bond acceptors (Lipinski definition) is 12. The van der Waals surface area contributed by atoms with Gasteiger partial charge in [-0.3, -0.25) is 9.59 Å². The Labute approximate surface area is 494 Å². The van der Waals surface area contributed by atoms with Crippen molar-refractivity contribution in [2.75, 3.05) is 49.2 Å². The number of aliphatic hydroxyl groups excluding tert-OH is 2. The third-order valence-electron chi connectivity index (χ3n) is 19.6. The van der Waals surface area contributed by atoms with Gasteiger partial charge in [0.25, 0.3) is 11.8 Å². The highest BCUT2D eigenvalue weighted by atomic mass is 35.5. The molecule has 8 aliphatic rings. The molecule has 4 aliphatic carbocycles. The summed E-state index contributed by atoms with van der Waals surface area (Å²) in [6.07, 6.45) is 18.8. The zero-order chi connectivity index (χ0) is 57.6. The summed E-state index contributed by atoms with van der Waals surface area (Å²) in [4.78, 5) is 31.3. The summed E-state index contributed by atoms with van der Waals surface area (Å²) in [7, 11) is -7.75. The molecule has 4 bridgehead atoms. The second-order valence-electron chi connectivity index (χ2n) is 24.6. The Balaban J connectivity index is 0.000000172. The first-order chi connectivity index (χ1) is 39.4. The number of ether oxygens (including phenoxy) is 2. The molecule has 0 saturated heterocycles. The number of carbonyl (C=O) groups excluding carboxylic acids is 2. The van der Waals surface area contributed by atoms with Crippen molar-refractivity contribution in [1.82, 2.24) is 9.44 Å². The number of aryl methyl sites for hydroxylation is 2. The van der Waals surface area contributed by atoms with E-state index in [0.717, 1.165) is 98.7 Å². The van der Waals surface area contributed by atoms with E-state index in [1.54, 1.807) is 36.4 Å². The molecule has 10 atom stereocenters. The summed E-state index contributed by atoms with van der Waals surface area (Å²) in [5, 5.41) is 22.2. The first-order valence-electron chi connectivity index (χ1n) is 29.8. The number of nitrogens with zero attached hydrogens (tertiary/aromatic N) is 2. The molecule has 0 unspecified atom stereocenters. The molecule has 4 aliphatic heterocycles. The first-order valence-corrected chi connectivity index (χ1v) is 33.7. The zero-order valence-electron chi connectivity index (χ0n) is 47.0. The number of benzene rings is 4. The Morgan fingerprint density at radius 3 is 1.40 bits per heavy atom. The van der Waals surface area contributed by atoms with E-state index in [4.69, 9.17) is 32.7 Å². The van der Waals surface area contributed by atoms with Crippen LogP contribution >= 0.6 is 23.2 Å². The number of sulfonamides is 2. The van der Waals surface area contributed by atoms with Crippen molar-refractivity contribution < 1.29 is 46.1 Å². The zero-order valence-corrected chi connectivity index (χ0v) is 50.2. The van der Waals surface area contributed by atoms with Crippen LogP contribution in [0, 0.1) is 23.7 Å². The van der Waals surface area contributed by atoms with Crippen LogP contribution in [0.2, 0.25) is 10.0 Å². The molecule has 4 N–H and O–H groups in total. The SMILES string of the molecule is CC[C@@H]1CC/C=C/[C@H](O)[C@@H]2CC[C@H]2CN2C[C@@]3(CCCc4cc(Cl)ccc43)COc3ccc(cc32)C(=O)NS1(=O)=O.CC[C@@H]1CC/C=C\[C@H](O)[C@@H]2CC[C@H]2CN2C[C@@]3(CCCc4cc(Cl)ccc43)COc3ccc(cc32)C(=O)NS1(=O)=O. The smallest absolute Gasteiger partial charge is 0.264 e. The lowest BCUT2D eigenvalue weighted by Gasteiger charge is -2.45. The van der Waals surface area contributed by atoms with Crippen LogP contribution in [0.15, 0.2) is 97.1 Å². The first kappa shape index (κ1) is 58.7. The highest BCUT2D eigenvalue weighted by Gasteiger charge is 2.47. The number of fused-ring (bicyclic) bond motifs is 8. The molecule has 18 heteroatoms. The summed E-state index contributed by atoms with van der Waals surface area (Å²) in [6.45, 7) is 7.47. The lowest BCUT2D eigenvalue weighted by molar-refractivity contribution is 0.0454. The van der Waals surface area contributed by atoms with Crippen molar-refractivity contribution in [3.63, 3.8) is 0 Å². The fraction of sp³-hybridized carbons (Fsp3) is 0.531. The Hall–Kier alpha value is -5.10. The van der Waals surface area contributed by atoms with Crippen molar-refractivity contribution in [2.24, 2.45) is 23.7 Å². The number of rotatable bonds is 2.